The number of hydrogen-bond donors (Lipinski definition) is 0. The van der Waals surface area contributed by atoms with E-state index in [-0.39, 0.29) is 18.3 Å². The van der Waals surface area contributed by atoms with Crippen molar-refractivity contribution in [2.24, 2.45) is 0 Å². The van der Waals surface area contributed by atoms with Crippen LogP contribution in [0.3, 0.4) is 0 Å². The van der Waals surface area contributed by atoms with Gasteiger partial charge in [-0.1, -0.05) is 24.4 Å². The van der Waals surface area contributed by atoms with Crippen molar-refractivity contribution in [3.05, 3.63) is 41.0 Å². The summed E-state index contributed by atoms with van der Waals surface area (Å²) in [4.78, 5) is 4.99. The number of halogens is 5. The van der Waals surface area contributed by atoms with Crippen molar-refractivity contribution >= 4 is 0 Å². The molecule has 1 aliphatic heterocycles. The Balaban J connectivity index is 1.32. The molecule has 1 aromatic carbocycles. The maximum absolute atomic E-state index is 14.4. The van der Waals surface area contributed by atoms with Crippen molar-refractivity contribution in [3.63, 3.8) is 0 Å². The predicted molar refractivity (Wildman–Crippen MR) is 91.2 cm³/mol. The topological polar surface area (TPSA) is 51.4 Å². The second-order valence-corrected chi connectivity index (χ2v) is 7.60. The van der Waals surface area contributed by atoms with Crippen LogP contribution in [0, 0.1) is 11.6 Å². The zero-order valence-electron chi connectivity index (χ0n) is 15.5. The number of likely N-dealkylation sites (tertiary alicyclic amines) is 1. The molecule has 29 heavy (non-hydrogen) atoms. The first-order valence-corrected chi connectivity index (χ1v) is 9.57. The van der Waals surface area contributed by atoms with Crippen LogP contribution in [0.25, 0.3) is 0 Å². The number of rotatable bonds is 5. The maximum Gasteiger partial charge on any atom is 0.471 e. The summed E-state index contributed by atoms with van der Waals surface area (Å²) in [5.74, 6) is -3.19. The largest absolute Gasteiger partial charge is 0.482 e. The minimum absolute atomic E-state index is 0.0328. The molecule has 2 aromatic rings. The molecule has 0 bridgehead atoms. The van der Waals surface area contributed by atoms with Crippen molar-refractivity contribution in [2.45, 2.75) is 56.8 Å². The van der Waals surface area contributed by atoms with E-state index in [9.17, 15) is 22.0 Å². The van der Waals surface area contributed by atoms with Crippen LogP contribution in [0.4, 0.5) is 22.0 Å². The molecule has 2 heterocycles. The second kappa shape index (κ2) is 7.89. The summed E-state index contributed by atoms with van der Waals surface area (Å²) in [7, 11) is 0. The third-order valence-electron chi connectivity index (χ3n) is 5.38. The van der Waals surface area contributed by atoms with E-state index in [2.05, 4.69) is 14.7 Å². The molecular formula is C19H20F5N3O2. The van der Waals surface area contributed by atoms with Gasteiger partial charge in [0.05, 0.1) is 6.54 Å². The summed E-state index contributed by atoms with van der Waals surface area (Å²) in [6.45, 7) is 0.614. The highest BCUT2D eigenvalue weighted by molar-refractivity contribution is 5.33. The first kappa shape index (κ1) is 20.1. The van der Waals surface area contributed by atoms with E-state index in [1.807, 2.05) is 0 Å². The van der Waals surface area contributed by atoms with Crippen LogP contribution in [0.5, 0.6) is 5.75 Å². The highest BCUT2D eigenvalue weighted by Crippen LogP contribution is 2.36. The van der Waals surface area contributed by atoms with E-state index >= 15 is 0 Å². The van der Waals surface area contributed by atoms with Crippen molar-refractivity contribution in [3.8, 4) is 5.75 Å². The Morgan fingerprint density at radius 3 is 2.31 bits per heavy atom. The minimum atomic E-state index is -4.69. The van der Waals surface area contributed by atoms with E-state index in [0.29, 0.717) is 18.7 Å². The lowest BCUT2D eigenvalue weighted by atomic mass is 9.84. The average molecular weight is 417 g/mol. The Kier molecular flexibility index (Phi) is 5.46. The summed E-state index contributed by atoms with van der Waals surface area (Å²) in [6.07, 6.45) is -0.00370. The van der Waals surface area contributed by atoms with Gasteiger partial charge in [0.25, 0.3) is 0 Å². The lowest BCUT2D eigenvalue weighted by molar-refractivity contribution is -0.159. The summed E-state index contributed by atoms with van der Waals surface area (Å²) >= 11 is 0. The number of hydrogen-bond acceptors (Lipinski definition) is 5. The number of alkyl halides is 3. The lowest BCUT2D eigenvalue weighted by Gasteiger charge is -2.38. The molecule has 158 valence electrons. The molecule has 5 nitrogen and oxygen atoms in total. The van der Waals surface area contributed by atoms with Gasteiger partial charge in [-0.25, -0.2) is 8.78 Å². The number of benzene rings is 1. The quantitative estimate of drug-likeness (QED) is 0.662. The van der Waals surface area contributed by atoms with Crippen molar-refractivity contribution in [1.82, 2.24) is 15.0 Å². The molecule has 1 aromatic heterocycles. The summed E-state index contributed by atoms with van der Waals surface area (Å²) in [5.41, 5.74) is 0.667. The van der Waals surface area contributed by atoms with Crippen LogP contribution in [-0.4, -0.2) is 34.2 Å². The molecule has 0 spiro atoms. The molecule has 0 atom stereocenters. The normalized spacial score (nSPS) is 19.3. The SMILES string of the molecule is Fc1cc(C2CCCCC2)cc(F)c1OC1CN(Cc2noc(C(F)(F)F)n2)C1. The highest BCUT2D eigenvalue weighted by Gasteiger charge is 2.39. The first-order chi connectivity index (χ1) is 13.8. The Morgan fingerprint density at radius 1 is 1.07 bits per heavy atom. The van der Waals surface area contributed by atoms with Crippen molar-refractivity contribution < 1.29 is 31.2 Å². The van der Waals surface area contributed by atoms with E-state index < -0.39 is 35.6 Å². The van der Waals surface area contributed by atoms with Gasteiger partial charge < -0.3 is 9.26 Å². The van der Waals surface area contributed by atoms with Crippen LogP contribution >= 0.6 is 0 Å². The lowest BCUT2D eigenvalue weighted by Crippen LogP contribution is -2.53. The summed E-state index contributed by atoms with van der Waals surface area (Å²) in [5, 5.41) is 3.29. The number of nitrogens with zero attached hydrogens (tertiary/aromatic N) is 3. The van der Waals surface area contributed by atoms with Gasteiger partial charge >= 0.3 is 12.1 Å². The van der Waals surface area contributed by atoms with Crippen molar-refractivity contribution in [2.75, 3.05) is 13.1 Å². The zero-order valence-corrected chi connectivity index (χ0v) is 15.5. The van der Waals surface area contributed by atoms with Crippen LogP contribution < -0.4 is 4.74 Å². The third-order valence-corrected chi connectivity index (χ3v) is 5.38. The van der Waals surface area contributed by atoms with Gasteiger partial charge in [0, 0.05) is 13.1 Å². The zero-order chi connectivity index (χ0) is 20.6. The van der Waals surface area contributed by atoms with Gasteiger partial charge in [0.2, 0.25) is 0 Å². The van der Waals surface area contributed by atoms with E-state index in [1.54, 1.807) is 4.90 Å². The van der Waals surface area contributed by atoms with Gasteiger partial charge in [0.15, 0.2) is 23.2 Å². The first-order valence-electron chi connectivity index (χ1n) is 9.57. The van der Waals surface area contributed by atoms with E-state index in [0.717, 1.165) is 32.1 Å². The fourth-order valence-corrected chi connectivity index (χ4v) is 3.89. The van der Waals surface area contributed by atoms with E-state index in [1.165, 1.54) is 12.1 Å². The summed E-state index contributed by atoms with van der Waals surface area (Å²) in [6, 6.07) is 2.70. The predicted octanol–water partition coefficient (Wildman–Crippen LogP) is 4.68. The Hall–Kier alpha value is -2.23. The molecule has 1 saturated heterocycles. The van der Waals surface area contributed by atoms with Gasteiger partial charge in [-0.3, -0.25) is 4.90 Å². The van der Waals surface area contributed by atoms with Crippen LogP contribution in [0.15, 0.2) is 16.7 Å². The monoisotopic (exact) mass is 417 g/mol. The fraction of sp³-hybridized carbons (Fsp3) is 0.579. The molecule has 1 saturated carbocycles. The highest BCUT2D eigenvalue weighted by atomic mass is 19.4. The Morgan fingerprint density at radius 2 is 1.72 bits per heavy atom. The molecule has 0 N–H and O–H groups in total. The van der Waals surface area contributed by atoms with Gasteiger partial charge in [-0.15, -0.1) is 0 Å². The average Bonchev–Trinajstić information content (AvgIpc) is 3.12. The minimum Gasteiger partial charge on any atom is -0.482 e. The number of aromatic nitrogens is 2. The molecule has 4 rings (SSSR count). The van der Waals surface area contributed by atoms with E-state index in [4.69, 9.17) is 4.74 Å². The van der Waals surface area contributed by atoms with Crippen LogP contribution in [-0.2, 0) is 12.7 Å². The second-order valence-electron chi connectivity index (χ2n) is 7.60. The van der Waals surface area contributed by atoms with Crippen molar-refractivity contribution in [1.29, 1.82) is 0 Å². The van der Waals surface area contributed by atoms with Crippen LogP contribution in [0.1, 0.15) is 55.3 Å². The standard InChI is InChI=1S/C19H20F5N3O2/c20-14-6-12(11-4-2-1-3-5-11)7-15(21)17(14)28-13-8-27(9-13)10-16-25-18(29-26-16)19(22,23)24/h6-7,11,13H,1-5,8-10H2. The fourth-order valence-electron chi connectivity index (χ4n) is 3.89. The van der Waals surface area contributed by atoms with Gasteiger partial charge in [0.1, 0.15) is 6.10 Å². The molecule has 1 aliphatic carbocycles. The third kappa shape index (κ3) is 4.52. The van der Waals surface area contributed by atoms with Gasteiger partial charge in [-0.2, -0.15) is 18.2 Å². The molecule has 2 fully saturated rings. The van der Waals surface area contributed by atoms with Gasteiger partial charge in [-0.05, 0) is 36.5 Å². The van der Waals surface area contributed by atoms with Crippen LogP contribution in [0.2, 0.25) is 0 Å². The molecule has 0 unspecified atom stereocenters. The Labute approximate surface area is 163 Å². The smallest absolute Gasteiger partial charge is 0.471 e. The molecular weight excluding hydrogens is 397 g/mol. The molecule has 0 amide bonds. The maximum atomic E-state index is 14.4. The Bertz CT molecular complexity index is 835. The molecule has 0 radical (unpaired) electrons. The molecule has 10 heteroatoms. The summed E-state index contributed by atoms with van der Waals surface area (Å²) < 4.78 is 75.9. The molecule has 2 aliphatic rings. The number of ether oxygens (including phenoxy) is 1.